The van der Waals surface area contributed by atoms with Crippen molar-refractivity contribution >= 4 is 46.1 Å². The zero-order chi connectivity index (χ0) is 24.1. The van der Waals surface area contributed by atoms with E-state index in [0.29, 0.717) is 5.06 Å². The molecule has 0 radical (unpaired) electrons. The Labute approximate surface area is 210 Å². The predicted molar refractivity (Wildman–Crippen MR) is 134 cm³/mol. The van der Waals surface area contributed by atoms with Gasteiger partial charge < -0.3 is 9.74 Å². The number of rotatable bonds is 9. The molecule has 0 N–H and O–H groups in total. The van der Waals surface area contributed by atoms with Gasteiger partial charge in [-0.05, 0) is 42.8 Å². The molecule has 1 aliphatic rings. The van der Waals surface area contributed by atoms with E-state index in [9.17, 15) is 14.4 Å². The molecule has 0 aliphatic carbocycles. The van der Waals surface area contributed by atoms with Gasteiger partial charge in [0.05, 0.1) is 23.1 Å². The van der Waals surface area contributed by atoms with Crippen LogP contribution in [0.5, 0.6) is 0 Å². The Kier molecular flexibility index (Phi) is 7.56. The van der Waals surface area contributed by atoms with E-state index in [1.54, 1.807) is 16.8 Å². The van der Waals surface area contributed by atoms with Crippen molar-refractivity contribution in [1.29, 1.82) is 0 Å². The van der Waals surface area contributed by atoms with Gasteiger partial charge in [-0.25, -0.2) is 9.48 Å². The number of benzene rings is 2. The molecule has 9 nitrogen and oxygen atoms in total. The van der Waals surface area contributed by atoms with Crippen LogP contribution in [0.4, 0.5) is 5.69 Å². The van der Waals surface area contributed by atoms with Crippen molar-refractivity contribution in [3.63, 3.8) is 0 Å². The lowest BCUT2D eigenvalue weighted by Gasteiger charge is -2.22. The van der Waals surface area contributed by atoms with Crippen molar-refractivity contribution in [2.24, 2.45) is 0 Å². The summed E-state index contributed by atoms with van der Waals surface area (Å²) in [5.74, 6) is -1.47. The molecular formula is C24H24IN5O4. The normalized spacial score (nSPS) is 14.4. The van der Waals surface area contributed by atoms with E-state index < -0.39 is 17.8 Å². The zero-order valence-electron chi connectivity index (χ0n) is 18.6. The van der Waals surface area contributed by atoms with Gasteiger partial charge in [0.2, 0.25) is 0 Å². The number of nitrogens with zero attached hydrogens (tertiary/aromatic N) is 5. The molecular weight excluding hydrogens is 549 g/mol. The van der Waals surface area contributed by atoms with Crippen LogP contribution < -0.4 is 4.90 Å². The second kappa shape index (κ2) is 10.8. The number of hydrogen-bond donors (Lipinski definition) is 0. The third kappa shape index (κ3) is 5.44. The van der Waals surface area contributed by atoms with Gasteiger partial charge in [-0.15, -0.1) is 10.2 Å². The Bertz CT molecular complexity index is 1150. The predicted octanol–water partition coefficient (Wildman–Crippen LogP) is 3.53. The van der Waals surface area contributed by atoms with E-state index in [1.165, 1.54) is 0 Å². The molecule has 176 valence electrons. The molecule has 0 bridgehead atoms. The third-order valence-electron chi connectivity index (χ3n) is 5.67. The monoisotopic (exact) mass is 573 g/mol. The highest BCUT2D eigenvalue weighted by Gasteiger charge is 2.33. The lowest BCUT2D eigenvalue weighted by molar-refractivity contribution is -0.172. The summed E-state index contributed by atoms with van der Waals surface area (Å²) >= 11 is 2.37. The Morgan fingerprint density at radius 2 is 1.76 bits per heavy atom. The largest absolute Gasteiger partial charge is 0.375 e. The first-order valence-corrected chi connectivity index (χ1v) is 12.4. The second-order valence-electron chi connectivity index (χ2n) is 7.99. The van der Waals surface area contributed by atoms with Crippen LogP contribution in [0.1, 0.15) is 41.2 Å². The number of para-hydroxylation sites is 1. The van der Waals surface area contributed by atoms with Crippen LogP contribution in [0.2, 0.25) is 0 Å². The fraction of sp³-hybridized carbons (Fsp3) is 0.292. The quantitative estimate of drug-likeness (QED) is 0.220. The number of hydrogen-bond acceptors (Lipinski definition) is 7. The Morgan fingerprint density at radius 1 is 1.09 bits per heavy atom. The maximum atomic E-state index is 12.3. The van der Waals surface area contributed by atoms with Crippen molar-refractivity contribution in [3.8, 4) is 5.69 Å². The fourth-order valence-electron chi connectivity index (χ4n) is 3.60. The van der Waals surface area contributed by atoms with Gasteiger partial charge >= 0.3 is 5.97 Å². The molecule has 10 heteroatoms. The van der Waals surface area contributed by atoms with E-state index in [1.807, 2.05) is 55.7 Å². The zero-order valence-corrected chi connectivity index (χ0v) is 20.8. The van der Waals surface area contributed by atoms with Crippen molar-refractivity contribution in [1.82, 2.24) is 20.1 Å². The molecule has 1 atom stereocenters. The topological polar surface area (TPSA) is 97.6 Å². The first-order valence-electron chi connectivity index (χ1n) is 10.9. The first kappa shape index (κ1) is 23.9. The maximum Gasteiger partial charge on any atom is 0.363 e. The van der Waals surface area contributed by atoms with Crippen molar-refractivity contribution < 1.29 is 19.2 Å². The molecule has 0 saturated carbocycles. The molecule has 1 aliphatic heterocycles. The van der Waals surface area contributed by atoms with E-state index >= 15 is 0 Å². The number of carbonyl (C=O) groups excluding carboxylic acids is 3. The van der Waals surface area contributed by atoms with Gasteiger partial charge in [-0.3, -0.25) is 9.59 Å². The van der Waals surface area contributed by atoms with Crippen LogP contribution in [-0.2, 0) is 14.4 Å². The summed E-state index contributed by atoms with van der Waals surface area (Å²) in [5, 5.41) is 9.21. The summed E-state index contributed by atoms with van der Waals surface area (Å²) in [4.78, 5) is 42.6. The Hall–Kier alpha value is -3.28. The van der Waals surface area contributed by atoms with Crippen molar-refractivity contribution in [2.75, 3.05) is 22.9 Å². The van der Waals surface area contributed by atoms with E-state index in [0.717, 1.165) is 34.5 Å². The second-order valence-corrected chi connectivity index (χ2v) is 8.87. The molecule has 34 heavy (non-hydrogen) atoms. The van der Waals surface area contributed by atoms with Crippen LogP contribution >= 0.6 is 22.6 Å². The molecule has 0 spiro atoms. The highest BCUT2D eigenvalue weighted by molar-refractivity contribution is 14.1. The van der Waals surface area contributed by atoms with Gasteiger partial charge in [0.15, 0.2) is 0 Å². The average Bonchev–Trinajstić information content (AvgIpc) is 3.48. The highest BCUT2D eigenvalue weighted by atomic mass is 127. The number of carbonyl (C=O) groups is 3. The molecule has 2 heterocycles. The maximum absolute atomic E-state index is 12.3. The minimum Gasteiger partial charge on any atom is -0.375 e. The number of halogens is 1. The van der Waals surface area contributed by atoms with Gasteiger partial charge in [0.1, 0.15) is 0 Å². The highest BCUT2D eigenvalue weighted by Crippen LogP contribution is 2.23. The van der Waals surface area contributed by atoms with E-state index in [-0.39, 0.29) is 24.3 Å². The lowest BCUT2D eigenvalue weighted by atomic mass is 10.0. The minimum absolute atomic E-state index is 0.0661. The molecule has 2 aromatic carbocycles. The van der Waals surface area contributed by atoms with Crippen LogP contribution in [0.25, 0.3) is 5.69 Å². The summed E-state index contributed by atoms with van der Waals surface area (Å²) < 4.78 is 2.71. The van der Waals surface area contributed by atoms with E-state index in [2.05, 4.69) is 37.8 Å². The molecule has 1 unspecified atom stereocenters. The number of anilines is 1. The van der Waals surface area contributed by atoms with Gasteiger partial charge in [0.25, 0.3) is 11.8 Å². The Balaban J connectivity index is 1.34. The first-order chi connectivity index (χ1) is 16.5. The molecule has 3 aromatic rings. The molecule has 1 aromatic heterocycles. The van der Waals surface area contributed by atoms with Crippen LogP contribution in [0, 0.1) is 0 Å². The number of imide groups is 1. The van der Waals surface area contributed by atoms with E-state index in [4.69, 9.17) is 4.84 Å². The molecule has 2 amide bonds. The lowest BCUT2D eigenvalue weighted by Crippen LogP contribution is -2.32. The van der Waals surface area contributed by atoms with Crippen molar-refractivity contribution in [3.05, 3.63) is 72.1 Å². The number of alkyl halides is 1. The summed E-state index contributed by atoms with van der Waals surface area (Å²) in [6.07, 6.45) is 3.00. The van der Waals surface area contributed by atoms with Gasteiger partial charge in [-0.1, -0.05) is 46.0 Å². The molecule has 4 rings (SSSR count). The van der Waals surface area contributed by atoms with Gasteiger partial charge in [0, 0.05) is 42.5 Å². The molecule has 1 saturated heterocycles. The van der Waals surface area contributed by atoms with Gasteiger partial charge in [-0.2, -0.15) is 0 Å². The Morgan fingerprint density at radius 3 is 2.41 bits per heavy atom. The number of amides is 2. The summed E-state index contributed by atoms with van der Waals surface area (Å²) in [6.45, 7) is 0.784. The van der Waals surface area contributed by atoms with Crippen LogP contribution in [0.3, 0.4) is 0 Å². The smallest absolute Gasteiger partial charge is 0.363 e. The fourth-order valence-corrected chi connectivity index (χ4v) is 4.49. The number of hydroxylamine groups is 2. The standard InChI is InChI=1S/C24H24IN5O4/c1-28(14-13-18(15-25)21-16-29(27-26-21)20-5-3-2-4-6-20)19-9-7-17(8-10-19)24(33)34-30-22(31)11-12-23(30)32/h2-10,16,18H,11-15H2,1H3. The van der Waals surface area contributed by atoms with Crippen LogP contribution in [0.15, 0.2) is 60.8 Å². The summed E-state index contributed by atoms with van der Waals surface area (Å²) in [7, 11) is 1.99. The SMILES string of the molecule is CN(CCC(CI)c1cn(-c2ccccc2)nn1)c1ccc(C(=O)ON2C(=O)CCC2=O)cc1. The molecule has 1 fully saturated rings. The van der Waals surface area contributed by atoms with Crippen LogP contribution in [-0.4, -0.2) is 55.9 Å². The summed E-state index contributed by atoms with van der Waals surface area (Å²) in [6, 6.07) is 16.8. The van der Waals surface area contributed by atoms with Crippen molar-refractivity contribution in [2.45, 2.75) is 25.2 Å². The average molecular weight is 573 g/mol. The summed E-state index contributed by atoms with van der Waals surface area (Å²) in [5.41, 5.74) is 3.13. The number of aromatic nitrogens is 3. The third-order valence-corrected chi connectivity index (χ3v) is 6.74. The minimum atomic E-state index is -0.732.